The minimum atomic E-state index is -4.21. The highest BCUT2D eigenvalue weighted by molar-refractivity contribution is 7.11. The number of benzene rings is 2. The van der Waals surface area contributed by atoms with Crippen molar-refractivity contribution in [1.29, 1.82) is 5.26 Å². The van der Waals surface area contributed by atoms with Gasteiger partial charge in [0.25, 0.3) is 5.63 Å². The number of aryl methyl sites for hydroxylation is 2. The zero-order chi connectivity index (χ0) is 22.6. The predicted octanol–water partition coefficient (Wildman–Crippen LogP) is 6.91. The van der Waals surface area contributed by atoms with Crippen molar-refractivity contribution in [2.45, 2.75) is 25.6 Å². The summed E-state index contributed by atoms with van der Waals surface area (Å²) >= 11 is 6.13. The highest BCUT2D eigenvalue weighted by atomic mass is 35.5. The number of rotatable bonds is 7. The molecule has 1 aromatic heterocycles. The molecule has 0 aliphatic heterocycles. The number of hydrogen-bond acceptors (Lipinski definition) is 5. The van der Waals surface area contributed by atoms with Crippen LogP contribution in [0.2, 0.25) is 0 Å². The van der Waals surface area contributed by atoms with Crippen LogP contribution in [0.15, 0.2) is 54.0 Å². The van der Waals surface area contributed by atoms with Crippen LogP contribution in [0, 0.1) is 25.2 Å². The summed E-state index contributed by atoms with van der Waals surface area (Å²) in [7, 11) is 0. The maximum Gasteiger partial charge on any atom is 0.444 e. The Hall–Kier alpha value is -3.02. The average Bonchev–Trinajstić information content (AvgIpc) is 3.19. The summed E-state index contributed by atoms with van der Waals surface area (Å²) in [5, 5.41) is 14.6. The van der Waals surface area contributed by atoms with E-state index >= 15 is 0 Å². The van der Waals surface area contributed by atoms with Gasteiger partial charge in [-0.15, -0.1) is 11.3 Å². The Labute approximate surface area is 186 Å². The fourth-order valence-electron chi connectivity index (χ4n) is 2.78. The number of para-hydroxylation sites is 2. The van der Waals surface area contributed by atoms with Crippen LogP contribution in [0.4, 0.5) is 18.9 Å². The molecule has 31 heavy (non-hydrogen) atoms. The third-order valence-electron chi connectivity index (χ3n) is 4.27. The lowest BCUT2D eigenvalue weighted by Gasteiger charge is -2.19. The Balaban J connectivity index is 1.85. The first kappa shape index (κ1) is 22.7. The number of nitrogens with one attached hydrogen (secondary N) is 1. The molecule has 3 aromatic rings. The van der Waals surface area contributed by atoms with Crippen LogP contribution in [0.1, 0.15) is 16.1 Å². The van der Waals surface area contributed by atoms with E-state index in [0.29, 0.717) is 5.01 Å². The molecule has 0 spiro atoms. The smallest absolute Gasteiger partial charge is 0.427 e. The zero-order valence-corrected chi connectivity index (χ0v) is 18.1. The number of aromatic nitrogens is 1. The second kappa shape index (κ2) is 9.41. The second-order valence-electron chi connectivity index (χ2n) is 6.63. The highest BCUT2D eigenvalue weighted by Gasteiger charge is 2.42. The van der Waals surface area contributed by atoms with Gasteiger partial charge < -0.3 is 10.1 Å². The summed E-state index contributed by atoms with van der Waals surface area (Å²) in [5.41, 5.74) is 1.19. The number of halogens is 4. The molecule has 0 fully saturated rings. The average molecular weight is 464 g/mol. The number of hydrogen-bond donors (Lipinski definition) is 1. The first-order chi connectivity index (χ1) is 14.7. The molecule has 0 aliphatic carbocycles. The van der Waals surface area contributed by atoms with Gasteiger partial charge in [0.15, 0.2) is 0 Å². The number of anilines is 1. The molecule has 0 unspecified atom stereocenters. The molecule has 1 heterocycles. The van der Waals surface area contributed by atoms with Crippen LogP contribution in [-0.4, -0.2) is 16.7 Å². The Morgan fingerprint density at radius 2 is 2.03 bits per heavy atom. The molecule has 0 radical (unpaired) electrons. The standard InChI is InChI=1S/C22H17ClF3N3OS/c1-13-7-8-16(14(2)9-13)18-12-31-20(29-18)15(10-27)11-28-17-5-3-4-6-19(17)30-22(25,26)21(23)24/h3-9,11-12,21,28H,1-2H3/b15-11+/t21-/m1/s1. The van der Waals surface area contributed by atoms with Crippen molar-refractivity contribution in [2.24, 2.45) is 0 Å². The van der Waals surface area contributed by atoms with Crippen molar-refractivity contribution in [3.8, 4) is 23.1 Å². The molecule has 4 nitrogen and oxygen atoms in total. The minimum Gasteiger partial charge on any atom is -0.427 e. The van der Waals surface area contributed by atoms with Crippen molar-refractivity contribution in [1.82, 2.24) is 4.98 Å². The Kier molecular flexibility index (Phi) is 6.88. The van der Waals surface area contributed by atoms with Crippen LogP contribution in [-0.2, 0) is 0 Å². The molecule has 0 saturated heterocycles. The van der Waals surface area contributed by atoms with Gasteiger partial charge in [-0.05, 0) is 31.5 Å². The van der Waals surface area contributed by atoms with Crippen LogP contribution in [0.25, 0.3) is 16.8 Å². The predicted molar refractivity (Wildman–Crippen MR) is 117 cm³/mol. The number of nitrogens with zero attached hydrogens (tertiary/aromatic N) is 2. The van der Waals surface area contributed by atoms with Crippen LogP contribution in [0.5, 0.6) is 5.75 Å². The number of thiazole rings is 1. The zero-order valence-electron chi connectivity index (χ0n) is 16.5. The molecule has 9 heteroatoms. The first-order valence-electron chi connectivity index (χ1n) is 9.05. The van der Waals surface area contributed by atoms with E-state index in [-0.39, 0.29) is 17.0 Å². The van der Waals surface area contributed by atoms with Crippen molar-refractivity contribution in [3.63, 3.8) is 0 Å². The summed E-state index contributed by atoms with van der Waals surface area (Å²) in [6.45, 7) is 3.99. The van der Waals surface area contributed by atoms with Gasteiger partial charge in [-0.25, -0.2) is 9.37 Å². The fraction of sp³-hybridized carbons (Fsp3) is 0.182. The molecule has 1 atom stereocenters. The van der Waals surface area contributed by atoms with Crippen molar-refractivity contribution in [3.05, 3.63) is 70.2 Å². The summed E-state index contributed by atoms with van der Waals surface area (Å²) < 4.78 is 44.4. The third kappa shape index (κ3) is 5.37. The van der Waals surface area contributed by atoms with Crippen molar-refractivity contribution < 1.29 is 17.9 Å². The van der Waals surface area contributed by atoms with E-state index in [1.807, 2.05) is 43.5 Å². The van der Waals surface area contributed by atoms with Gasteiger partial charge in [-0.2, -0.15) is 14.0 Å². The van der Waals surface area contributed by atoms with E-state index in [4.69, 9.17) is 11.6 Å². The molecule has 0 amide bonds. The van der Waals surface area contributed by atoms with Crippen LogP contribution in [0.3, 0.4) is 0 Å². The van der Waals surface area contributed by atoms with E-state index in [0.717, 1.165) is 22.4 Å². The summed E-state index contributed by atoms with van der Waals surface area (Å²) in [4.78, 5) is 4.53. The number of ether oxygens (including phenoxy) is 1. The molecule has 160 valence electrons. The molecule has 2 aromatic carbocycles. The lowest BCUT2D eigenvalue weighted by atomic mass is 10.0. The summed E-state index contributed by atoms with van der Waals surface area (Å²) in [6, 6.07) is 13.7. The van der Waals surface area contributed by atoms with Crippen molar-refractivity contribution in [2.75, 3.05) is 5.32 Å². The minimum absolute atomic E-state index is 0.110. The topological polar surface area (TPSA) is 57.9 Å². The summed E-state index contributed by atoms with van der Waals surface area (Å²) in [5.74, 6) is -0.320. The van der Waals surface area contributed by atoms with Gasteiger partial charge in [0.1, 0.15) is 22.4 Å². The van der Waals surface area contributed by atoms with Crippen LogP contribution < -0.4 is 10.1 Å². The quantitative estimate of drug-likeness (QED) is 0.305. The maximum atomic E-state index is 13.5. The molecule has 0 bridgehead atoms. The Morgan fingerprint density at radius 3 is 2.71 bits per heavy atom. The van der Waals surface area contributed by atoms with Gasteiger partial charge in [-0.1, -0.05) is 47.5 Å². The monoisotopic (exact) mass is 463 g/mol. The molecule has 3 rings (SSSR count). The molecule has 0 aliphatic rings. The third-order valence-corrected chi connectivity index (χ3v) is 5.40. The summed E-state index contributed by atoms with van der Waals surface area (Å²) in [6.07, 6.45) is -2.88. The van der Waals surface area contributed by atoms with Gasteiger partial charge >= 0.3 is 6.11 Å². The number of alkyl halides is 4. The largest absolute Gasteiger partial charge is 0.444 e. The van der Waals surface area contributed by atoms with Gasteiger partial charge in [0.2, 0.25) is 0 Å². The maximum absolute atomic E-state index is 13.5. The van der Waals surface area contributed by atoms with E-state index < -0.39 is 11.7 Å². The van der Waals surface area contributed by atoms with E-state index in [9.17, 15) is 18.4 Å². The van der Waals surface area contributed by atoms with Gasteiger partial charge in [0, 0.05) is 17.1 Å². The van der Waals surface area contributed by atoms with E-state index in [1.165, 1.54) is 35.7 Å². The SMILES string of the molecule is Cc1ccc(-c2csc(/C(C#N)=C/Nc3ccccc3OC(F)(F)[C@@H](F)Cl)n2)c(C)c1. The number of allylic oxidation sites excluding steroid dienone is 1. The van der Waals surface area contributed by atoms with Gasteiger partial charge in [-0.3, -0.25) is 0 Å². The van der Waals surface area contributed by atoms with Gasteiger partial charge in [0.05, 0.1) is 11.4 Å². The van der Waals surface area contributed by atoms with E-state index in [1.54, 1.807) is 6.07 Å². The lowest BCUT2D eigenvalue weighted by molar-refractivity contribution is -0.198. The van der Waals surface area contributed by atoms with Crippen LogP contribution >= 0.6 is 22.9 Å². The Bertz CT molecular complexity index is 1150. The Morgan fingerprint density at radius 1 is 1.29 bits per heavy atom. The molecule has 0 saturated carbocycles. The second-order valence-corrected chi connectivity index (χ2v) is 7.87. The fourth-order valence-corrected chi connectivity index (χ4v) is 3.61. The molecular weight excluding hydrogens is 447 g/mol. The normalized spacial score (nSPS) is 12.9. The first-order valence-corrected chi connectivity index (χ1v) is 10.4. The highest BCUT2D eigenvalue weighted by Crippen LogP contribution is 2.34. The molecular formula is C22H17ClF3N3OS. The van der Waals surface area contributed by atoms with Crippen molar-refractivity contribution >= 4 is 34.2 Å². The molecule has 1 N–H and O–H groups in total. The number of nitriles is 1. The lowest BCUT2D eigenvalue weighted by Crippen LogP contribution is -2.33. The van der Waals surface area contributed by atoms with E-state index in [2.05, 4.69) is 15.0 Å².